The van der Waals surface area contributed by atoms with Crippen LogP contribution in [-0.4, -0.2) is 33.5 Å². The molecule has 1 atom stereocenters. The summed E-state index contributed by atoms with van der Waals surface area (Å²) in [6.07, 6.45) is 24.5. The van der Waals surface area contributed by atoms with Crippen LogP contribution in [0.1, 0.15) is 64.7 Å². The van der Waals surface area contributed by atoms with Gasteiger partial charge < -0.3 is 5.11 Å². The van der Waals surface area contributed by atoms with E-state index in [1.54, 1.807) is 12.2 Å². The fourth-order valence-electron chi connectivity index (χ4n) is 2.36. The number of nitro groups is 1. The molecule has 0 fully saturated rings. The Labute approximate surface area is 173 Å². The Bertz CT molecular complexity index is 527. The molecule has 0 amide bonds. The number of aliphatic carboxylic acids is 1. The Morgan fingerprint density at radius 3 is 2.25 bits per heavy atom. The molecule has 0 saturated carbocycles. The number of unbranched alkanes of at least 4 members (excludes halogenated alkanes) is 5. The number of carbonyl (C=O) groups is 1. The van der Waals surface area contributed by atoms with Crippen molar-refractivity contribution in [3.05, 3.63) is 58.7 Å². The van der Waals surface area contributed by atoms with Crippen LogP contribution in [0.2, 0.25) is 0 Å². The van der Waals surface area contributed by atoms with E-state index in [1.807, 2.05) is 18.2 Å². The first-order valence-corrected chi connectivity index (χ1v) is 11.3. The van der Waals surface area contributed by atoms with Crippen molar-refractivity contribution in [1.82, 2.24) is 0 Å². The normalized spacial score (nSPS) is 13.3. The minimum absolute atomic E-state index is 0.133. The van der Waals surface area contributed by atoms with Gasteiger partial charge in [0.25, 0.3) is 0 Å². The molecule has 0 aromatic carbocycles. The summed E-state index contributed by atoms with van der Waals surface area (Å²) in [6.45, 7) is 2.20. The quantitative estimate of drug-likeness (QED) is 0.126. The lowest BCUT2D eigenvalue weighted by atomic mass is 10.2. The molecule has 158 valence electrons. The van der Waals surface area contributed by atoms with Gasteiger partial charge in [-0.25, -0.2) is 0 Å². The van der Waals surface area contributed by atoms with E-state index in [0.29, 0.717) is 6.42 Å². The van der Waals surface area contributed by atoms with E-state index in [4.69, 9.17) is 5.11 Å². The Balaban J connectivity index is 3.92. The number of rotatable bonds is 18. The van der Waals surface area contributed by atoms with Gasteiger partial charge in [0.2, 0.25) is 6.04 Å². The van der Waals surface area contributed by atoms with Crippen LogP contribution in [-0.2, 0) is 4.79 Å². The van der Waals surface area contributed by atoms with Crippen molar-refractivity contribution in [2.45, 2.75) is 70.8 Å². The predicted octanol–water partition coefficient (Wildman–Crippen LogP) is 6.21. The Hall–Kier alpha value is -1.82. The van der Waals surface area contributed by atoms with Gasteiger partial charge in [-0.05, 0) is 62.9 Å². The summed E-state index contributed by atoms with van der Waals surface area (Å²) < 4.78 is 0. The van der Waals surface area contributed by atoms with Gasteiger partial charge >= 0.3 is 5.97 Å². The van der Waals surface area contributed by atoms with E-state index in [-0.39, 0.29) is 10.7 Å². The van der Waals surface area contributed by atoms with Gasteiger partial charge in [-0.2, -0.15) is 11.8 Å². The molecule has 6 heteroatoms. The van der Waals surface area contributed by atoms with E-state index in [0.717, 1.165) is 37.9 Å². The van der Waals surface area contributed by atoms with E-state index < -0.39 is 12.0 Å². The molecular weight excluding hydrogens is 374 g/mol. The van der Waals surface area contributed by atoms with Crippen LogP contribution in [0.3, 0.4) is 0 Å². The zero-order valence-corrected chi connectivity index (χ0v) is 17.8. The molecule has 5 nitrogen and oxygen atoms in total. The minimum atomic E-state index is -0.792. The SMILES string of the molecule is CCCCC/C=C/C/C=C/C/C=C/C(/C=C/CCCCSCC(=O)O)[N+](=O)[O-]. The number of thioether (sulfide) groups is 1. The molecular formula is C22H35NO4S. The molecule has 0 aliphatic carbocycles. The van der Waals surface area contributed by atoms with Crippen molar-refractivity contribution in [2.24, 2.45) is 0 Å². The standard InChI is InChI=1S/C22H35NO4S/c1-2-3-4-5-6-7-8-9-10-11-14-17-21(23(26)27)18-15-12-13-16-19-28-20-22(24)25/h6-7,9-10,14-15,17-18,21H,2-5,8,11-13,16,19-20H2,1H3,(H,24,25)/b7-6+,10-9+,17-14+,18-15+. The zero-order chi connectivity index (χ0) is 20.9. The molecule has 0 aromatic rings. The van der Waals surface area contributed by atoms with Crippen LogP contribution in [0.5, 0.6) is 0 Å². The van der Waals surface area contributed by atoms with E-state index in [9.17, 15) is 14.9 Å². The van der Waals surface area contributed by atoms with E-state index >= 15 is 0 Å². The highest BCUT2D eigenvalue weighted by Gasteiger charge is 2.09. The van der Waals surface area contributed by atoms with Crippen molar-refractivity contribution in [3.8, 4) is 0 Å². The average Bonchev–Trinajstić information content (AvgIpc) is 2.65. The van der Waals surface area contributed by atoms with Crippen LogP contribution < -0.4 is 0 Å². The van der Waals surface area contributed by atoms with Gasteiger partial charge in [0, 0.05) is 4.92 Å². The topological polar surface area (TPSA) is 80.4 Å². The maximum absolute atomic E-state index is 11.1. The first-order chi connectivity index (χ1) is 13.6. The maximum Gasteiger partial charge on any atom is 0.313 e. The summed E-state index contributed by atoms with van der Waals surface area (Å²) in [5, 5.41) is 19.6. The molecule has 0 saturated heterocycles. The van der Waals surface area contributed by atoms with Crippen molar-refractivity contribution in [3.63, 3.8) is 0 Å². The minimum Gasteiger partial charge on any atom is -0.481 e. The average molecular weight is 410 g/mol. The fraction of sp³-hybridized carbons (Fsp3) is 0.591. The van der Waals surface area contributed by atoms with Gasteiger partial charge in [-0.1, -0.05) is 56.2 Å². The van der Waals surface area contributed by atoms with Crippen molar-refractivity contribution in [1.29, 1.82) is 0 Å². The molecule has 0 spiro atoms. The number of carboxylic acids is 1. The lowest BCUT2D eigenvalue weighted by Crippen LogP contribution is -2.13. The first kappa shape index (κ1) is 26.2. The summed E-state index contributed by atoms with van der Waals surface area (Å²) in [7, 11) is 0. The second-order valence-electron chi connectivity index (χ2n) is 6.48. The molecule has 0 radical (unpaired) electrons. The van der Waals surface area contributed by atoms with Crippen LogP contribution in [0.15, 0.2) is 48.6 Å². The summed E-state index contributed by atoms with van der Waals surface area (Å²) in [6, 6.07) is -0.784. The molecule has 1 unspecified atom stereocenters. The van der Waals surface area contributed by atoms with Crippen LogP contribution in [0.4, 0.5) is 0 Å². The fourth-order valence-corrected chi connectivity index (χ4v) is 3.09. The number of nitrogens with zero attached hydrogens (tertiary/aromatic N) is 1. The highest BCUT2D eigenvalue weighted by atomic mass is 32.2. The number of carboxylic acid groups (broad SMARTS) is 1. The molecule has 0 bridgehead atoms. The summed E-state index contributed by atoms with van der Waals surface area (Å²) in [4.78, 5) is 21.2. The molecule has 0 rings (SSSR count). The summed E-state index contributed by atoms with van der Waals surface area (Å²) in [5.74, 6) is 0.145. The van der Waals surface area contributed by atoms with Gasteiger partial charge in [0.15, 0.2) is 0 Å². The van der Waals surface area contributed by atoms with Gasteiger partial charge in [-0.3, -0.25) is 14.9 Å². The Kier molecular flexibility index (Phi) is 18.6. The van der Waals surface area contributed by atoms with Crippen molar-refractivity contribution in [2.75, 3.05) is 11.5 Å². The smallest absolute Gasteiger partial charge is 0.313 e. The Morgan fingerprint density at radius 2 is 1.57 bits per heavy atom. The second kappa shape index (κ2) is 19.9. The van der Waals surface area contributed by atoms with Crippen molar-refractivity contribution >= 4 is 17.7 Å². The van der Waals surface area contributed by atoms with Crippen LogP contribution in [0.25, 0.3) is 0 Å². The third kappa shape index (κ3) is 19.0. The summed E-state index contributed by atoms with van der Waals surface area (Å²) in [5.41, 5.74) is 0. The number of hydrogen-bond donors (Lipinski definition) is 1. The Morgan fingerprint density at radius 1 is 0.964 bits per heavy atom. The van der Waals surface area contributed by atoms with Gasteiger partial charge in [0.05, 0.1) is 5.75 Å². The third-order valence-corrected chi connectivity index (χ3v) is 4.93. The highest BCUT2D eigenvalue weighted by Crippen LogP contribution is 2.07. The molecule has 0 aliphatic heterocycles. The van der Waals surface area contributed by atoms with Crippen molar-refractivity contribution < 1.29 is 14.8 Å². The highest BCUT2D eigenvalue weighted by molar-refractivity contribution is 7.99. The molecule has 0 aromatic heterocycles. The van der Waals surface area contributed by atoms with E-state index in [2.05, 4.69) is 25.2 Å². The second-order valence-corrected chi connectivity index (χ2v) is 7.59. The molecule has 0 aliphatic rings. The predicted molar refractivity (Wildman–Crippen MR) is 120 cm³/mol. The third-order valence-electron chi connectivity index (χ3n) is 3.90. The first-order valence-electron chi connectivity index (χ1n) is 10.1. The molecule has 28 heavy (non-hydrogen) atoms. The van der Waals surface area contributed by atoms with Gasteiger partial charge in [0.1, 0.15) is 0 Å². The zero-order valence-electron chi connectivity index (χ0n) is 17.0. The largest absolute Gasteiger partial charge is 0.481 e. The van der Waals surface area contributed by atoms with Gasteiger partial charge in [-0.15, -0.1) is 0 Å². The number of allylic oxidation sites excluding steroid dienone is 6. The van der Waals surface area contributed by atoms with Crippen LogP contribution >= 0.6 is 11.8 Å². The molecule has 1 N–H and O–H groups in total. The lowest BCUT2D eigenvalue weighted by Gasteiger charge is -1.99. The number of hydrogen-bond acceptors (Lipinski definition) is 4. The van der Waals surface area contributed by atoms with E-state index in [1.165, 1.54) is 31.0 Å². The maximum atomic E-state index is 11.1. The molecule has 0 heterocycles. The summed E-state index contributed by atoms with van der Waals surface area (Å²) >= 11 is 1.40. The lowest BCUT2D eigenvalue weighted by molar-refractivity contribution is -0.496. The van der Waals surface area contributed by atoms with Crippen LogP contribution in [0, 0.1) is 10.1 Å². The monoisotopic (exact) mass is 409 g/mol.